The van der Waals surface area contributed by atoms with Crippen molar-refractivity contribution in [3.63, 3.8) is 0 Å². The van der Waals surface area contributed by atoms with E-state index in [0.29, 0.717) is 5.92 Å². The second-order valence-electron chi connectivity index (χ2n) is 7.39. The molecule has 0 spiro atoms. The van der Waals surface area contributed by atoms with Crippen LogP contribution in [0, 0.1) is 0 Å². The second-order valence-corrected chi connectivity index (χ2v) is 7.39. The van der Waals surface area contributed by atoms with E-state index in [4.69, 9.17) is 9.31 Å². The van der Waals surface area contributed by atoms with Gasteiger partial charge in [-0.3, -0.25) is 4.68 Å². The van der Waals surface area contributed by atoms with Crippen molar-refractivity contribution in [1.29, 1.82) is 0 Å². The summed E-state index contributed by atoms with van der Waals surface area (Å²) in [6.45, 7) is 12.6. The number of rotatable bonds is 2. The first-order chi connectivity index (χ1) is 10.1. The van der Waals surface area contributed by atoms with Crippen molar-refractivity contribution in [2.75, 3.05) is 0 Å². The molecule has 0 amide bonds. The van der Waals surface area contributed by atoms with E-state index in [-0.39, 0.29) is 18.3 Å². The maximum Gasteiger partial charge on any atom is 0.496 e. The van der Waals surface area contributed by atoms with Crippen LogP contribution in [-0.4, -0.2) is 33.1 Å². The standard InChI is InChI=1S/C16H24BN3O2/c1-10(2)13-12-8-11(9-18-14(12)19-20(13)7)17-21-15(3,4)16(5,6)22-17/h8-10H,1-7H3. The molecular weight excluding hydrogens is 277 g/mol. The molecule has 1 aliphatic heterocycles. The van der Waals surface area contributed by atoms with E-state index in [1.165, 1.54) is 5.69 Å². The highest BCUT2D eigenvalue weighted by Crippen LogP contribution is 2.36. The van der Waals surface area contributed by atoms with E-state index >= 15 is 0 Å². The molecular formula is C16H24BN3O2. The third-order valence-electron chi connectivity index (χ3n) is 4.83. The van der Waals surface area contributed by atoms with Crippen LogP contribution in [0.15, 0.2) is 12.3 Å². The summed E-state index contributed by atoms with van der Waals surface area (Å²) >= 11 is 0. The van der Waals surface area contributed by atoms with E-state index in [0.717, 1.165) is 16.5 Å². The summed E-state index contributed by atoms with van der Waals surface area (Å²) in [6, 6.07) is 2.10. The molecule has 6 heteroatoms. The highest BCUT2D eigenvalue weighted by molar-refractivity contribution is 6.62. The molecule has 1 fully saturated rings. The Labute approximate surface area is 132 Å². The molecule has 0 N–H and O–H groups in total. The van der Waals surface area contributed by atoms with Crippen molar-refractivity contribution >= 4 is 23.6 Å². The van der Waals surface area contributed by atoms with Crippen molar-refractivity contribution in [2.24, 2.45) is 7.05 Å². The number of nitrogens with zero attached hydrogens (tertiary/aromatic N) is 3. The Morgan fingerprint density at radius 3 is 2.27 bits per heavy atom. The van der Waals surface area contributed by atoms with Crippen molar-refractivity contribution in [2.45, 2.75) is 58.7 Å². The van der Waals surface area contributed by atoms with Crippen LogP contribution in [0.4, 0.5) is 0 Å². The molecule has 1 saturated heterocycles. The molecule has 0 bridgehead atoms. The lowest BCUT2D eigenvalue weighted by Gasteiger charge is -2.32. The Morgan fingerprint density at radius 2 is 1.73 bits per heavy atom. The zero-order valence-corrected chi connectivity index (χ0v) is 14.5. The van der Waals surface area contributed by atoms with Gasteiger partial charge in [-0.25, -0.2) is 4.98 Å². The van der Waals surface area contributed by atoms with Crippen molar-refractivity contribution in [1.82, 2.24) is 14.8 Å². The smallest absolute Gasteiger partial charge is 0.399 e. The fourth-order valence-electron chi connectivity index (χ4n) is 2.90. The molecule has 3 rings (SSSR count). The first-order valence-corrected chi connectivity index (χ1v) is 7.80. The van der Waals surface area contributed by atoms with Crippen LogP contribution in [0.5, 0.6) is 0 Å². The molecule has 0 aliphatic carbocycles. The van der Waals surface area contributed by atoms with Gasteiger partial charge in [-0.05, 0) is 39.7 Å². The average molecular weight is 301 g/mol. The van der Waals surface area contributed by atoms with Gasteiger partial charge in [0.2, 0.25) is 0 Å². The molecule has 2 aromatic heterocycles. The van der Waals surface area contributed by atoms with Crippen LogP contribution in [0.25, 0.3) is 11.0 Å². The van der Waals surface area contributed by atoms with Gasteiger partial charge in [0.25, 0.3) is 0 Å². The minimum atomic E-state index is -0.387. The Morgan fingerprint density at radius 1 is 1.14 bits per heavy atom. The van der Waals surface area contributed by atoms with E-state index in [1.807, 2.05) is 17.9 Å². The van der Waals surface area contributed by atoms with Gasteiger partial charge in [-0.2, -0.15) is 5.10 Å². The molecule has 118 valence electrons. The van der Waals surface area contributed by atoms with Gasteiger partial charge in [0, 0.05) is 24.1 Å². The maximum absolute atomic E-state index is 6.12. The Balaban J connectivity index is 2.05. The van der Waals surface area contributed by atoms with E-state index in [9.17, 15) is 0 Å². The predicted molar refractivity (Wildman–Crippen MR) is 88.3 cm³/mol. The quantitative estimate of drug-likeness (QED) is 0.799. The monoisotopic (exact) mass is 301 g/mol. The number of aromatic nitrogens is 3. The average Bonchev–Trinajstić information content (AvgIpc) is 2.81. The van der Waals surface area contributed by atoms with Gasteiger partial charge < -0.3 is 9.31 Å². The van der Waals surface area contributed by atoms with Crippen LogP contribution in [0.3, 0.4) is 0 Å². The summed E-state index contributed by atoms with van der Waals surface area (Å²) < 4.78 is 14.1. The SMILES string of the molecule is CC(C)c1c2cc(B3OC(C)(C)C(C)(C)O3)cnc2nn1C. The zero-order valence-electron chi connectivity index (χ0n) is 14.5. The van der Waals surface area contributed by atoms with Gasteiger partial charge in [0.05, 0.1) is 16.9 Å². The predicted octanol–water partition coefficient (Wildman–Crippen LogP) is 2.39. The molecule has 0 unspecified atom stereocenters. The number of hydrogen-bond acceptors (Lipinski definition) is 4. The minimum absolute atomic E-state index is 0.345. The lowest BCUT2D eigenvalue weighted by Crippen LogP contribution is -2.41. The fourth-order valence-corrected chi connectivity index (χ4v) is 2.90. The topological polar surface area (TPSA) is 49.2 Å². The molecule has 2 aromatic rings. The van der Waals surface area contributed by atoms with E-state index in [2.05, 4.69) is 57.7 Å². The molecule has 0 radical (unpaired) electrons. The van der Waals surface area contributed by atoms with Gasteiger partial charge in [-0.15, -0.1) is 0 Å². The molecule has 5 nitrogen and oxygen atoms in total. The largest absolute Gasteiger partial charge is 0.496 e. The maximum atomic E-state index is 6.12. The second kappa shape index (κ2) is 4.80. The third-order valence-corrected chi connectivity index (χ3v) is 4.83. The Hall–Kier alpha value is -1.40. The highest BCUT2D eigenvalue weighted by atomic mass is 16.7. The van der Waals surface area contributed by atoms with Crippen molar-refractivity contribution in [3.05, 3.63) is 18.0 Å². The first kappa shape index (κ1) is 15.5. The zero-order chi connectivity index (χ0) is 16.3. The number of fused-ring (bicyclic) bond motifs is 1. The Bertz CT molecular complexity index is 705. The minimum Gasteiger partial charge on any atom is -0.399 e. The van der Waals surface area contributed by atoms with Crippen LogP contribution < -0.4 is 5.46 Å². The first-order valence-electron chi connectivity index (χ1n) is 7.80. The summed E-state index contributed by atoms with van der Waals surface area (Å²) in [5.74, 6) is 0.380. The van der Waals surface area contributed by atoms with Gasteiger partial charge in [0.1, 0.15) is 0 Å². The number of aryl methyl sites for hydroxylation is 1. The van der Waals surface area contributed by atoms with Crippen LogP contribution in [0.1, 0.15) is 53.2 Å². The summed E-state index contributed by atoms with van der Waals surface area (Å²) in [6.07, 6.45) is 1.81. The molecule has 3 heterocycles. The third kappa shape index (κ3) is 2.25. The van der Waals surface area contributed by atoms with Gasteiger partial charge in [-0.1, -0.05) is 13.8 Å². The molecule has 0 saturated carbocycles. The summed E-state index contributed by atoms with van der Waals surface area (Å²) in [5, 5.41) is 5.56. The van der Waals surface area contributed by atoms with Crippen LogP contribution in [0.2, 0.25) is 0 Å². The lowest BCUT2D eigenvalue weighted by atomic mass is 9.79. The van der Waals surface area contributed by atoms with Crippen molar-refractivity contribution < 1.29 is 9.31 Å². The summed E-state index contributed by atoms with van der Waals surface area (Å²) in [5.41, 5.74) is 2.21. The molecule has 0 aromatic carbocycles. The number of pyridine rings is 1. The van der Waals surface area contributed by atoms with Crippen LogP contribution in [-0.2, 0) is 16.4 Å². The van der Waals surface area contributed by atoms with Gasteiger partial charge in [0.15, 0.2) is 5.65 Å². The van der Waals surface area contributed by atoms with E-state index < -0.39 is 0 Å². The normalized spacial score (nSPS) is 20.3. The highest BCUT2D eigenvalue weighted by Gasteiger charge is 2.51. The van der Waals surface area contributed by atoms with Crippen molar-refractivity contribution in [3.8, 4) is 0 Å². The summed E-state index contributed by atoms with van der Waals surface area (Å²) in [4.78, 5) is 4.49. The molecule has 22 heavy (non-hydrogen) atoms. The van der Waals surface area contributed by atoms with Crippen LogP contribution >= 0.6 is 0 Å². The number of hydrogen-bond donors (Lipinski definition) is 0. The molecule has 0 atom stereocenters. The summed E-state index contributed by atoms with van der Waals surface area (Å²) in [7, 11) is 1.58. The van der Waals surface area contributed by atoms with E-state index in [1.54, 1.807) is 0 Å². The lowest BCUT2D eigenvalue weighted by molar-refractivity contribution is 0.00578. The fraction of sp³-hybridized carbons (Fsp3) is 0.625. The molecule has 1 aliphatic rings. The van der Waals surface area contributed by atoms with Gasteiger partial charge >= 0.3 is 7.12 Å². The Kier molecular flexibility index (Phi) is 3.38.